The Kier molecular flexibility index (Phi) is 5.48. The quantitative estimate of drug-likeness (QED) is 0.766. The number of rotatable bonds is 6. The summed E-state index contributed by atoms with van der Waals surface area (Å²) in [5, 5.41) is 0. The largest absolute Gasteiger partial charge is 0.472 e. The summed E-state index contributed by atoms with van der Waals surface area (Å²) in [5.41, 5.74) is -0.352. The molecule has 2 heterocycles. The topological polar surface area (TPSA) is 47.4 Å². The van der Waals surface area contributed by atoms with E-state index in [0.717, 1.165) is 37.7 Å². The van der Waals surface area contributed by atoms with Crippen LogP contribution >= 0.6 is 0 Å². The van der Waals surface area contributed by atoms with Crippen LogP contribution in [-0.4, -0.2) is 21.6 Å². The van der Waals surface area contributed by atoms with Crippen molar-refractivity contribution in [2.24, 2.45) is 0 Å². The first-order valence-electron chi connectivity index (χ1n) is 9.35. The molecule has 3 rings (SSSR count). The Morgan fingerprint density at radius 2 is 2.07 bits per heavy atom. The second-order valence-electron chi connectivity index (χ2n) is 7.14. The van der Waals surface area contributed by atoms with Crippen molar-refractivity contribution in [1.29, 1.82) is 0 Å². The van der Waals surface area contributed by atoms with Crippen LogP contribution in [0.25, 0.3) is 0 Å². The van der Waals surface area contributed by atoms with E-state index >= 15 is 0 Å². The van der Waals surface area contributed by atoms with Crippen LogP contribution in [0.15, 0.2) is 29.1 Å². The molecular weight excluding hydrogens is 352 g/mol. The highest BCUT2D eigenvalue weighted by Crippen LogP contribution is 2.35. The fourth-order valence-electron chi connectivity index (χ4n) is 3.53. The smallest absolute Gasteiger partial charge is 0.352 e. The predicted molar refractivity (Wildman–Crippen MR) is 100 cm³/mol. The fraction of sp³-hybridized carbons (Fsp3) is 0.500. The molecule has 0 aliphatic carbocycles. The summed E-state index contributed by atoms with van der Waals surface area (Å²) in [6, 6.07) is 5.64. The molecule has 2 aromatic rings. The summed E-state index contributed by atoms with van der Waals surface area (Å²) in [5.74, 6) is -0.987. The molecule has 0 saturated carbocycles. The molecule has 27 heavy (non-hydrogen) atoms. The van der Waals surface area contributed by atoms with Gasteiger partial charge in [-0.1, -0.05) is 26.0 Å². The lowest BCUT2D eigenvalue weighted by molar-refractivity contribution is 0.276. The van der Waals surface area contributed by atoms with Crippen LogP contribution in [0.2, 0.25) is 0 Å². The summed E-state index contributed by atoms with van der Waals surface area (Å²) in [6.07, 6.45) is 2.76. The van der Waals surface area contributed by atoms with Crippen molar-refractivity contribution < 1.29 is 13.5 Å². The number of hydrogen-bond acceptors (Lipinski definition) is 4. The van der Waals surface area contributed by atoms with Crippen molar-refractivity contribution in [1.82, 2.24) is 9.55 Å². The van der Waals surface area contributed by atoms with Gasteiger partial charge >= 0.3 is 5.69 Å². The minimum Gasteiger partial charge on any atom is -0.472 e. The molecule has 1 atom stereocenters. The molecule has 1 aliphatic heterocycles. The minimum absolute atomic E-state index is 0.0459. The van der Waals surface area contributed by atoms with Gasteiger partial charge in [0.1, 0.15) is 12.4 Å². The number of nitrogens with zero attached hydrogens (tertiary/aromatic N) is 3. The van der Waals surface area contributed by atoms with E-state index in [4.69, 9.17) is 4.74 Å². The Hall–Kier alpha value is -2.44. The number of halogens is 2. The van der Waals surface area contributed by atoms with E-state index in [9.17, 15) is 13.6 Å². The van der Waals surface area contributed by atoms with Crippen molar-refractivity contribution in [3.05, 3.63) is 51.9 Å². The highest BCUT2D eigenvalue weighted by Gasteiger charge is 2.36. The third kappa shape index (κ3) is 3.68. The normalized spacial score (nSPS) is 19.1. The van der Waals surface area contributed by atoms with Crippen LogP contribution in [0.1, 0.15) is 45.6 Å². The molecule has 5 nitrogen and oxygen atoms in total. The lowest BCUT2D eigenvalue weighted by Crippen LogP contribution is -2.53. The van der Waals surface area contributed by atoms with E-state index in [-0.39, 0.29) is 29.3 Å². The van der Waals surface area contributed by atoms with Crippen LogP contribution in [0.5, 0.6) is 5.88 Å². The molecule has 1 aliphatic rings. The summed E-state index contributed by atoms with van der Waals surface area (Å²) in [7, 11) is 0. The molecule has 0 fully saturated rings. The van der Waals surface area contributed by atoms with Gasteiger partial charge in [-0.3, -0.25) is 4.57 Å². The summed E-state index contributed by atoms with van der Waals surface area (Å²) < 4.78 is 34.4. The van der Waals surface area contributed by atoms with E-state index in [1.54, 1.807) is 10.6 Å². The monoisotopic (exact) mass is 377 g/mol. The fourth-order valence-corrected chi connectivity index (χ4v) is 3.53. The zero-order valence-electron chi connectivity index (χ0n) is 16.0. The van der Waals surface area contributed by atoms with Crippen molar-refractivity contribution in [2.75, 3.05) is 11.4 Å². The highest BCUT2D eigenvalue weighted by molar-refractivity contribution is 5.47. The molecule has 0 saturated heterocycles. The molecular formula is C20H25F2N3O2. The van der Waals surface area contributed by atoms with Gasteiger partial charge < -0.3 is 9.64 Å². The van der Waals surface area contributed by atoms with Crippen molar-refractivity contribution >= 4 is 5.82 Å². The highest BCUT2D eigenvalue weighted by atomic mass is 19.2. The van der Waals surface area contributed by atoms with Gasteiger partial charge in [0.2, 0.25) is 5.88 Å². The Morgan fingerprint density at radius 1 is 1.30 bits per heavy atom. The first kappa shape index (κ1) is 19.3. The first-order chi connectivity index (χ1) is 12.9. The molecule has 146 valence electrons. The molecule has 0 amide bonds. The third-order valence-electron chi connectivity index (χ3n) is 5.38. The maximum Gasteiger partial charge on any atom is 0.352 e. The summed E-state index contributed by atoms with van der Waals surface area (Å²) >= 11 is 0. The van der Waals surface area contributed by atoms with Crippen LogP contribution in [0.3, 0.4) is 0 Å². The van der Waals surface area contributed by atoms with Crippen molar-refractivity contribution in [3.63, 3.8) is 0 Å². The molecule has 0 bridgehead atoms. The summed E-state index contributed by atoms with van der Waals surface area (Å²) in [6.45, 7) is 7.65. The number of benzene rings is 1. The molecule has 1 unspecified atom stereocenters. The Bertz CT molecular complexity index is 884. The van der Waals surface area contributed by atoms with Gasteiger partial charge in [-0.25, -0.2) is 13.6 Å². The maximum absolute atomic E-state index is 13.8. The lowest BCUT2D eigenvalue weighted by Gasteiger charge is -2.47. The number of aromatic nitrogens is 2. The van der Waals surface area contributed by atoms with Crippen LogP contribution in [0, 0.1) is 11.6 Å². The SMILES string of the molecule is CCCN1c2cc(OCc3cccc(F)c3F)nc(=O)n2CCC1(C)CC. The molecule has 1 aromatic heterocycles. The Balaban J connectivity index is 1.92. The summed E-state index contributed by atoms with van der Waals surface area (Å²) in [4.78, 5) is 18.7. The van der Waals surface area contributed by atoms with E-state index in [1.165, 1.54) is 12.1 Å². The standard InChI is InChI=1S/C20H25F2N3O2/c1-4-10-25-17-12-16(27-13-14-7-6-8-15(21)18(14)22)23-19(26)24(17)11-9-20(25,3)5-2/h6-8,12H,4-5,9-11,13H2,1-3H3. The lowest BCUT2D eigenvalue weighted by atomic mass is 9.90. The van der Waals surface area contributed by atoms with E-state index in [2.05, 4.69) is 30.7 Å². The molecule has 1 aromatic carbocycles. The van der Waals surface area contributed by atoms with Crippen molar-refractivity contribution in [3.8, 4) is 5.88 Å². The van der Waals surface area contributed by atoms with Gasteiger partial charge in [0.25, 0.3) is 0 Å². The average Bonchev–Trinajstić information content (AvgIpc) is 2.65. The number of fused-ring (bicyclic) bond motifs is 1. The number of hydrogen-bond donors (Lipinski definition) is 0. The van der Waals surface area contributed by atoms with Crippen LogP contribution < -0.4 is 15.3 Å². The van der Waals surface area contributed by atoms with Gasteiger partial charge in [0, 0.05) is 30.3 Å². The van der Waals surface area contributed by atoms with Crippen molar-refractivity contribution in [2.45, 2.75) is 58.7 Å². The van der Waals surface area contributed by atoms with Gasteiger partial charge in [0.05, 0.1) is 0 Å². The zero-order valence-corrected chi connectivity index (χ0v) is 16.0. The van der Waals surface area contributed by atoms with Crippen LogP contribution in [-0.2, 0) is 13.2 Å². The maximum atomic E-state index is 13.8. The third-order valence-corrected chi connectivity index (χ3v) is 5.38. The van der Waals surface area contributed by atoms with Gasteiger partial charge in [-0.15, -0.1) is 0 Å². The number of ether oxygens (including phenoxy) is 1. The number of anilines is 1. The first-order valence-corrected chi connectivity index (χ1v) is 9.35. The van der Waals surface area contributed by atoms with E-state index < -0.39 is 11.6 Å². The minimum atomic E-state index is -0.946. The molecule has 0 radical (unpaired) electrons. The molecule has 0 spiro atoms. The van der Waals surface area contributed by atoms with E-state index in [1.807, 2.05) is 0 Å². The molecule has 7 heteroatoms. The van der Waals surface area contributed by atoms with Gasteiger partial charge in [0.15, 0.2) is 11.6 Å². The average molecular weight is 377 g/mol. The van der Waals surface area contributed by atoms with Gasteiger partial charge in [-0.2, -0.15) is 4.98 Å². The predicted octanol–water partition coefficient (Wildman–Crippen LogP) is 3.89. The molecule has 0 N–H and O–H groups in total. The second kappa shape index (κ2) is 7.66. The van der Waals surface area contributed by atoms with Gasteiger partial charge in [-0.05, 0) is 32.3 Å². The second-order valence-corrected chi connectivity index (χ2v) is 7.14. The zero-order chi connectivity index (χ0) is 19.6. The Labute approximate surface area is 157 Å². The van der Waals surface area contributed by atoms with E-state index in [0.29, 0.717) is 6.54 Å². The Morgan fingerprint density at radius 3 is 2.78 bits per heavy atom. The van der Waals surface area contributed by atoms with Crippen LogP contribution in [0.4, 0.5) is 14.6 Å².